The van der Waals surface area contributed by atoms with E-state index < -0.39 is 17.9 Å². The summed E-state index contributed by atoms with van der Waals surface area (Å²) in [4.78, 5) is 41.1. The van der Waals surface area contributed by atoms with Crippen LogP contribution >= 0.6 is 0 Å². The fourth-order valence-electron chi connectivity index (χ4n) is 1.17. The standard InChI is InChI=1S/C8H6O4.C6H8O2/c9-7(10)5-3-1-2-4-6(5)8(11)12;1-3-6(4-7)5(2)8/h1-4H,(H,9,10)(H,11,12);3-4,6H,1H2,2H3. The summed E-state index contributed by atoms with van der Waals surface area (Å²) < 4.78 is 0. The van der Waals surface area contributed by atoms with Gasteiger partial charge in [-0.05, 0) is 19.1 Å². The highest BCUT2D eigenvalue weighted by molar-refractivity contribution is 6.01. The largest absolute Gasteiger partial charge is 0.478 e. The molecule has 0 bridgehead atoms. The molecule has 0 radical (unpaired) electrons. The molecule has 0 fully saturated rings. The molecule has 0 aliphatic heterocycles. The van der Waals surface area contributed by atoms with Crippen LogP contribution in [0.4, 0.5) is 0 Å². The summed E-state index contributed by atoms with van der Waals surface area (Å²) in [6.45, 7) is 4.66. The Balaban J connectivity index is 0.000000396. The lowest BCUT2D eigenvalue weighted by atomic mass is 10.1. The predicted octanol–water partition coefficient (Wildman–Crippen LogP) is 1.66. The van der Waals surface area contributed by atoms with E-state index in [0.29, 0.717) is 6.29 Å². The number of carbonyl (C=O) groups excluding carboxylic acids is 2. The molecule has 0 amide bonds. The zero-order valence-electron chi connectivity index (χ0n) is 10.8. The molecule has 0 heterocycles. The number of Topliss-reactive ketones (excluding diaryl/α,β-unsaturated/α-hetero) is 1. The predicted molar refractivity (Wildman–Crippen MR) is 70.8 cm³/mol. The summed E-state index contributed by atoms with van der Waals surface area (Å²) in [7, 11) is 0. The molecule has 1 unspecified atom stereocenters. The Bertz CT molecular complexity index is 491. The van der Waals surface area contributed by atoms with Crippen molar-refractivity contribution < 1.29 is 29.4 Å². The third kappa shape index (κ3) is 5.26. The van der Waals surface area contributed by atoms with E-state index in [2.05, 4.69) is 6.58 Å². The van der Waals surface area contributed by atoms with Gasteiger partial charge in [-0.2, -0.15) is 0 Å². The summed E-state index contributed by atoms with van der Waals surface area (Å²) in [5.41, 5.74) is -0.380. The lowest BCUT2D eigenvalue weighted by molar-refractivity contribution is -0.123. The Morgan fingerprint density at radius 3 is 1.65 bits per heavy atom. The third-order valence-electron chi connectivity index (χ3n) is 2.26. The maximum atomic E-state index is 10.5. The second-order valence-corrected chi connectivity index (χ2v) is 3.66. The zero-order chi connectivity index (χ0) is 15.7. The normalized spacial score (nSPS) is 10.4. The first kappa shape index (κ1) is 17.2. The Morgan fingerprint density at radius 2 is 1.50 bits per heavy atom. The van der Waals surface area contributed by atoms with Gasteiger partial charge >= 0.3 is 11.9 Å². The molecule has 0 aliphatic rings. The monoisotopic (exact) mass is 278 g/mol. The van der Waals surface area contributed by atoms with E-state index in [1.807, 2.05) is 0 Å². The number of allylic oxidation sites excluding steroid dienone is 1. The van der Waals surface area contributed by atoms with Gasteiger partial charge in [0.1, 0.15) is 12.1 Å². The molecular weight excluding hydrogens is 264 g/mol. The minimum Gasteiger partial charge on any atom is -0.478 e. The molecule has 0 aliphatic carbocycles. The van der Waals surface area contributed by atoms with Gasteiger partial charge in [0.15, 0.2) is 0 Å². The maximum Gasteiger partial charge on any atom is 0.336 e. The lowest BCUT2D eigenvalue weighted by Crippen LogP contribution is -2.07. The average molecular weight is 278 g/mol. The molecule has 6 heteroatoms. The van der Waals surface area contributed by atoms with Crippen LogP contribution in [-0.2, 0) is 9.59 Å². The molecule has 0 saturated heterocycles. The second-order valence-electron chi connectivity index (χ2n) is 3.66. The van der Waals surface area contributed by atoms with Gasteiger partial charge in [-0.1, -0.05) is 18.2 Å². The number of carbonyl (C=O) groups is 4. The molecule has 106 valence electrons. The number of rotatable bonds is 5. The Hall–Kier alpha value is -2.76. The van der Waals surface area contributed by atoms with Gasteiger partial charge in [-0.3, -0.25) is 4.79 Å². The van der Waals surface area contributed by atoms with Crippen molar-refractivity contribution in [3.05, 3.63) is 48.0 Å². The molecule has 20 heavy (non-hydrogen) atoms. The number of benzene rings is 1. The fourth-order valence-corrected chi connectivity index (χ4v) is 1.17. The highest BCUT2D eigenvalue weighted by atomic mass is 16.4. The molecule has 1 aromatic rings. The summed E-state index contributed by atoms with van der Waals surface area (Å²) in [6.07, 6.45) is 1.91. The van der Waals surface area contributed by atoms with Crippen LogP contribution < -0.4 is 0 Å². The summed E-state index contributed by atoms with van der Waals surface area (Å²) in [5.74, 6) is -3.22. The van der Waals surface area contributed by atoms with Crippen LogP contribution in [0.2, 0.25) is 0 Å². The first-order chi connectivity index (χ1) is 9.34. The highest BCUT2D eigenvalue weighted by Gasteiger charge is 2.13. The number of hydrogen-bond donors (Lipinski definition) is 2. The van der Waals surface area contributed by atoms with E-state index in [0.717, 1.165) is 0 Å². The van der Waals surface area contributed by atoms with Crippen molar-refractivity contribution in [2.45, 2.75) is 6.92 Å². The minimum atomic E-state index is -1.23. The van der Waals surface area contributed by atoms with Crippen molar-refractivity contribution in [2.24, 2.45) is 5.92 Å². The summed E-state index contributed by atoms with van der Waals surface area (Å²) >= 11 is 0. The highest BCUT2D eigenvalue weighted by Crippen LogP contribution is 2.07. The van der Waals surface area contributed by atoms with Gasteiger partial charge in [0.25, 0.3) is 0 Å². The van der Waals surface area contributed by atoms with E-state index in [-0.39, 0.29) is 16.9 Å². The van der Waals surface area contributed by atoms with Gasteiger partial charge in [-0.25, -0.2) is 9.59 Å². The summed E-state index contributed by atoms with van der Waals surface area (Å²) in [5, 5.41) is 17.1. The van der Waals surface area contributed by atoms with Gasteiger partial charge < -0.3 is 15.0 Å². The third-order valence-corrected chi connectivity index (χ3v) is 2.26. The molecule has 1 rings (SSSR count). The van der Waals surface area contributed by atoms with E-state index in [4.69, 9.17) is 10.2 Å². The smallest absolute Gasteiger partial charge is 0.336 e. The Labute approximate surface area is 115 Å². The van der Waals surface area contributed by atoms with Crippen molar-refractivity contribution in [2.75, 3.05) is 0 Å². The van der Waals surface area contributed by atoms with Crippen LogP contribution in [-0.4, -0.2) is 34.2 Å². The maximum absolute atomic E-state index is 10.5. The van der Waals surface area contributed by atoms with Gasteiger partial charge in [-0.15, -0.1) is 6.58 Å². The molecule has 1 aromatic carbocycles. The first-order valence-corrected chi connectivity index (χ1v) is 5.49. The van der Waals surface area contributed by atoms with Crippen molar-refractivity contribution in [1.29, 1.82) is 0 Å². The quantitative estimate of drug-likeness (QED) is 0.481. The second kappa shape index (κ2) is 8.36. The lowest BCUT2D eigenvalue weighted by Gasteiger charge is -1.98. The first-order valence-electron chi connectivity index (χ1n) is 5.49. The number of aromatic carboxylic acids is 2. The average Bonchev–Trinajstić information content (AvgIpc) is 2.40. The van der Waals surface area contributed by atoms with Crippen LogP contribution in [0.5, 0.6) is 0 Å². The van der Waals surface area contributed by atoms with Crippen LogP contribution in [0.25, 0.3) is 0 Å². The van der Waals surface area contributed by atoms with Gasteiger partial charge in [0.05, 0.1) is 17.0 Å². The minimum absolute atomic E-state index is 0.157. The molecule has 0 spiro atoms. The van der Waals surface area contributed by atoms with Gasteiger partial charge in [0.2, 0.25) is 0 Å². The van der Waals surface area contributed by atoms with Crippen LogP contribution in [0.1, 0.15) is 27.6 Å². The number of ketones is 1. The van der Waals surface area contributed by atoms with Crippen molar-refractivity contribution in [3.8, 4) is 0 Å². The molecule has 1 atom stereocenters. The number of hydrogen-bond acceptors (Lipinski definition) is 4. The molecule has 0 aromatic heterocycles. The van der Waals surface area contributed by atoms with Crippen molar-refractivity contribution in [1.82, 2.24) is 0 Å². The number of carboxylic acid groups (broad SMARTS) is 2. The fraction of sp³-hybridized carbons (Fsp3) is 0.143. The summed E-state index contributed by atoms with van der Waals surface area (Å²) in [6, 6.07) is 5.48. The Kier molecular flexibility index (Phi) is 7.21. The molecule has 2 N–H and O–H groups in total. The van der Waals surface area contributed by atoms with E-state index in [9.17, 15) is 19.2 Å². The number of carboxylic acids is 2. The van der Waals surface area contributed by atoms with Crippen LogP contribution in [0.3, 0.4) is 0 Å². The van der Waals surface area contributed by atoms with Crippen molar-refractivity contribution in [3.63, 3.8) is 0 Å². The number of aldehydes is 1. The van der Waals surface area contributed by atoms with Crippen LogP contribution in [0.15, 0.2) is 36.9 Å². The van der Waals surface area contributed by atoms with Crippen molar-refractivity contribution >= 4 is 24.0 Å². The van der Waals surface area contributed by atoms with E-state index in [1.165, 1.54) is 37.3 Å². The molecule has 6 nitrogen and oxygen atoms in total. The zero-order valence-corrected chi connectivity index (χ0v) is 10.8. The van der Waals surface area contributed by atoms with E-state index >= 15 is 0 Å². The van der Waals surface area contributed by atoms with E-state index in [1.54, 1.807) is 0 Å². The van der Waals surface area contributed by atoms with Crippen LogP contribution in [0, 0.1) is 5.92 Å². The SMILES string of the molecule is C=CC(C=O)C(C)=O.O=C(O)c1ccccc1C(=O)O. The topological polar surface area (TPSA) is 109 Å². The van der Waals surface area contributed by atoms with Gasteiger partial charge in [0, 0.05) is 0 Å². The Morgan fingerprint density at radius 1 is 1.10 bits per heavy atom. The molecular formula is C14H14O6. The molecule has 0 saturated carbocycles.